The Bertz CT molecular complexity index is 690. The number of carbonyl (C=O) groups excluding carboxylic acids is 2. The predicted octanol–water partition coefficient (Wildman–Crippen LogP) is 3.77. The van der Waals surface area contributed by atoms with E-state index < -0.39 is 0 Å². The smallest absolute Gasteiger partial charge is 0.311 e. The highest BCUT2D eigenvalue weighted by Gasteiger charge is 2.60. The van der Waals surface area contributed by atoms with Crippen LogP contribution in [0.25, 0.3) is 0 Å². The number of ether oxygens (including phenoxy) is 1. The first-order valence-corrected chi connectivity index (χ1v) is 10.3. The van der Waals surface area contributed by atoms with E-state index >= 15 is 0 Å². The Morgan fingerprint density at radius 3 is 2.72 bits per heavy atom. The molecule has 4 saturated carbocycles. The number of nitrogens with zero attached hydrogens (tertiary/aromatic N) is 1. The van der Waals surface area contributed by atoms with Gasteiger partial charge in [0.1, 0.15) is 0 Å². The van der Waals surface area contributed by atoms with Gasteiger partial charge in [0.15, 0.2) is 5.13 Å². The molecule has 2 unspecified atom stereocenters. The lowest BCUT2D eigenvalue weighted by atomic mass is 9.49. The second-order valence-corrected chi connectivity index (χ2v) is 9.63. The number of halogens is 1. The standard InChI is InChI=1S/C18H23ClN2O3S/c1-2-24-14(22)4-13-9-25-16(20-13)21-15(23)17-5-11-3-12(6-17)8-18(19,7-11)10-17/h9,11-12H,2-8,10H2,1H3,(H,20,21,23)/t11-,12+,17?,18?. The summed E-state index contributed by atoms with van der Waals surface area (Å²) in [5.74, 6) is 0.930. The summed E-state index contributed by atoms with van der Waals surface area (Å²) < 4.78 is 4.94. The minimum absolute atomic E-state index is 0.0589. The molecule has 1 amide bonds. The van der Waals surface area contributed by atoms with E-state index in [2.05, 4.69) is 10.3 Å². The van der Waals surface area contributed by atoms with E-state index in [1.54, 1.807) is 12.3 Å². The molecular formula is C18H23ClN2O3S. The van der Waals surface area contributed by atoms with Crippen LogP contribution < -0.4 is 5.32 Å². The van der Waals surface area contributed by atoms with Gasteiger partial charge in [-0.1, -0.05) is 0 Å². The Kier molecular flexibility index (Phi) is 4.31. The van der Waals surface area contributed by atoms with Crippen LogP contribution in [0, 0.1) is 17.3 Å². The molecule has 4 aliphatic carbocycles. The molecular weight excluding hydrogens is 360 g/mol. The lowest BCUT2D eigenvalue weighted by molar-refractivity contribution is -0.142. The van der Waals surface area contributed by atoms with E-state index in [4.69, 9.17) is 16.3 Å². The fourth-order valence-electron chi connectivity index (χ4n) is 5.45. The van der Waals surface area contributed by atoms with E-state index in [1.807, 2.05) is 0 Å². The quantitative estimate of drug-likeness (QED) is 0.621. The van der Waals surface area contributed by atoms with Crippen molar-refractivity contribution in [2.75, 3.05) is 11.9 Å². The maximum Gasteiger partial charge on any atom is 0.311 e. The summed E-state index contributed by atoms with van der Waals surface area (Å²) in [5, 5.41) is 5.36. The Hall–Kier alpha value is -1.14. The van der Waals surface area contributed by atoms with Gasteiger partial charge < -0.3 is 10.1 Å². The lowest BCUT2D eigenvalue weighted by Crippen LogP contribution is -2.57. The van der Waals surface area contributed by atoms with Crippen molar-refractivity contribution >= 4 is 39.9 Å². The molecule has 0 spiro atoms. The molecule has 1 aromatic rings. The van der Waals surface area contributed by atoms with Crippen molar-refractivity contribution in [1.29, 1.82) is 0 Å². The number of hydrogen-bond donors (Lipinski definition) is 1. The van der Waals surface area contributed by atoms with Gasteiger partial charge in [0.05, 0.1) is 24.1 Å². The molecule has 5 nitrogen and oxygen atoms in total. The van der Waals surface area contributed by atoms with Crippen molar-refractivity contribution in [2.45, 2.75) is 56.7 Å². The first kappa shape index (κ1) is 17.3. The van der Waals surface area contributed by atoms with Crippen molar-refractivity contribution in [1.82, 2.24) is 4.98 Å². The molecule has 0 radical (unpaired) electrons. The van der Waals surface area contributed by atoms with E-state index in [0.29, 0.717) is 29.3 Å². The van der Waals surface area contributed by atoms with Gasteiger partial charge in [-0.25, -0.2) is 4.98 Å². The minimum atomic E-state index is -0.335. The van der Waals surface area contributed by atoms with Crippen LogP contribution in [-0.4, -0.2) is 28.3 Å². The molecule has 25 heavy (non-hydrogen) atoms. The summed E-state index contributed by atoms with van der Waals surface area (Å²) in [5.41, 5.74) is 0.303. The third-order valence-electron chi connectivity index (χ3n) is 5.87. The van der Waals surface area contributed by atoms with Crippen LogP contribution >= 0.6 is 22.9 Å². The fraction of sp³-hybridized carbons (Fsp3) is 0.722. The molecule has 7 heteroatoms. The average molecular weight is 383 g/mol. The molecule has 0 aliphatic heterocycles. The van der Waals surface area contributed by atoms with E-state index in [-0.39, 0.29) is 28.6 Å². The summed E-state index contributed by atoms with van der Waals surface area (Å²) >= 11 is 8.17. The maximum atomic E-state index is 13.0. The monoisotopic (exact) mass is 382 g/mol. The number of anilines is 1. The van der Waals surface area contributed by atoms with Gasteiger partial charge in [-0.2, -0.15) is 0 Å². The third kappa shape index (κ3) is 3.31. The largest absolute Gasteiger partial charge is 0.466 e. The molecule has 1 N–H and O–H groups in total. The number of alkyl halides is 1. The number of aromatic nitrogens is 1. The zero-order chi connectivity index (χ0) is 17.7. The van der Waals surface area contributed by atoms with Crippen LogP contribution in [0.4, 0.5) is 5.13 Å². The summed E-state index contributed by atoms with van der Waals surface area (Å²) in [7, 11) is 0. The number of thiazole rings is 1. The van der Waals surface area contributed by atoms with E-state index in [1.165, 1.54) is 17.8 Å². The molecule has 1 aromatic heterocycles. The molecule has 4 atom stereocenters. The SMILES string of the molecule is CCOC(=O)Cc1csc(NC(=O)C23C[C@@H]4C[C@@H](CC(Cl)(C4)C2)C3)n1. The molecule has 5 rings (SSSR count). The summed E-state index contributed by atoms with van der Waals surface area (Å²) in [4.78, 5) is 28.8. The second-order valence-electron chi connectivity index (χ2n) is 7.97. The predicted molar refractivity (Wildman–Crippen MR) is 96.8 cm³/mol. The second kappa shape index (κ2) is 6.23. The van der Waals surface area contributed by atoms with Gasteiger partial charge in [-0.15, -0.1) is 22.9 Å². The summed E-state index contributed by atoms with van der Waals surface area (Å²) in [6, 6.07) is 0. The van der Waals surface area contributed by atoms with Crippen LogP contribution in [0.2, 0.25) is 0 Å². The summed E-state index contributed by atoms with van der Waals surface area (Å²) in [6.07, 6.45) is 6.16. The molecule has 0 aromatic carbocycles. The number of nitrogens with one attached hydrogen (secondary N) is 1. The normalized spacial score (nSPS) is 35.6. The van der Waals surface area contributed by atoms with Gasteiger partial charge in [0, 0.05) is 10.3 Å². The number of esters is 1. The van der Waals surface area contributed by atoms with Crippen LogP contribution in [0.5, 0.6) is 0 Å². The zero-order valence-corrected chi connectivity index (χ0v) is 15.9. The third-order valence-corrected chi connectivity index (χ3v) is 7.12. The van der Waals surface area contributed by atoms with Crippen LogP contribution in [0.15, 0.2) is 5.38 Å². The molecule has 4 fully saturated rings. The summed E-state index contributed by atoms with van der Waals surface area (Å²) in [6.45, 7) is 2.14. The number of rotatable bonds is 5. The Balaban J connectivity index is 1.44. The highest BCUT2D eigenvalue weighted by Crippen LogP contribution is 2.64. The topological polar surface area (TPSA) is 68.3 Å². The van der Waals surface area contributed by atoms with Crippen molar-refractivity contribution < 1.29 is 14.3 Å². The van der Waals surface area contributed by atoms with Crippen LogP contribution in [0.3, 0.4) is 0 Å². The van der Waals surface area contributed by atoms with Crippen LogP contribution in [0.1, 0.15) is 51.1 Å². The molecule has 0 saturated heterocycles. The van der Waals surface area contributed by atoms with Gasteiger partial charge in [-0.05, 0) is 57.3 Å². The first-order chi connectivity index (χ1) is 11.9. The minimum Gasteiger partial charge on any atom is -0.466 e. The first-order valence-electron chi connectivity index (χ1n) is 9.00. The molecule has 4 bridgehead atoms. The van der Waals surface area contributed by atoms with Crippen molar-refractivity contribution in [3.8, 4) is 0 Å². The molecule has 1 heterocycles. The van der Waals surface area contributed by atoms with Crippen LogP contribution in [-0.2, 0) is 20.7 Å². The fourth-order valence-corrected chi connectivity index (χ4v) is 6.85. The van der Waals surface area contributed by atoms with Gasteiger partial charge >= 0.3 is 5.97 Å². The highest BCUT2D eigenvalue weighted by atomic mass is 35.5. The Morgan fingerprint density at radius 1 is 1.36 bits per heavy atom. The van der Waals surface area contributed by atoms with Crippen molar-refractivity contribution in [3.63, 3.8) is 0 Å². The highest BCUT2D eigenvalue weighted by molar-refractivity contribution is 7.13. The van der Waals surface area contributed by atoms with Gasteiger partial charge in [-0.3, -0.25) is 9.59 Å². The number of amides is 1. The number of carbonyl (C=O) groups is 2. The van der Waals surface area contributed by atoms with Gasteiger partial charge in [0.2, 0.25) is 5.91 Å². The average Bonchev–Trinajstić information content (AvgIpc) is 2.91. The maximum absolute atomic E-state index is 13.0. The Morgan fingerprint density at radius 2 is 2.08 bits per heavy atom. The Labute approximate surface area is 156 Å². The number of hydrogen-bond acceptors (Lipinski definition) is 5. The molecule has 4 aliphatic rings. The van der Waals surface area contributed by atoms with E-state index in [0.717, 1.165) is 32.1 Å². The van der Waals surface area contributed by atoms with Crippen molar-refractivity contribution in [2.24, 2.45) is 17.3 Å². The lowest BCUT2D eigenvalue weighted by Gasteiger charge is -2.59. The van der Waals surface area contributed by atoms with Gasteiger partial charge in [0.25, 0.3) is 0 Å². The molecule has 136 valence electrons. The van der Waals surface area contributed by atoms with E-state index in [9.17, 15) is 9.59 Å². The zero-order valence-electron chi connectivity index (χ0n) is 14.3. The van der Waals surface area contributed by atoms with Crippen molar-refractivity contribution in [3.05, 3.63) is 11.1 Å².